The van der Waals surface area contributed by atoms with E-state index in [9.17, 15) is 8.78 Å². The van der Waals surface area contributed by atoms with Crippen molar-refractivity contribution in [3.8, 4) is 0 Å². The fourth-order valence-corrected chi connectivity index (χ4v) is 2.13. The van der Waals surface area contributed by atoms with E-state index < -0.39 is 5.82 Å². The summed E-state index contributed by atoms with van der Waals surface area (Å²) in [5.74, 6) is -0.781. The van der Waals surface area contributed by atoms with Gasteiger partial charge in [0.2, 0.25) is 0 Å². The number of aryl methyl sites for hydroxylation is 1. The Morgan fingerprint density at radius 2 is 1.68 bits per heavy atom. The van der Waals surface area contributed by atoms with Crippen molar-refractivity contribution in [3.05, 3.63) is 63.6 Å². The van der Waals surface area contributed by atoms with Gasteiger partial charge >= 0.3 is 0 Å². The molecule has 0 amide bonds. The normalized spacial score (nSPS) is 12.3. The van der Waals surface area contributed by atoms with Crippen LogP contribution in [0.2, 0.25) is 0 Å². The van der Waals surface area contributed by atoms with E-state index in [2.05, 4.69) is 21.2 Å². The second-order valence-corrected chi connectivity index (χ2v) is 5.41. The summed E-state index contributed by atoms with van der Waals surface area (Å²) in [6.07, 6.45) is 0. The summed E-state index contributed by atoms with van der Waals surface area (Å²) in [7, 11) is 0. The lowest BCUT2D eigenvalue weighted by molar-refractivity contribution is 0.571. The van der Waals surface area contributed by atoms with E-state index in [1.165, 1.54) is 12.1 Å². The molecular weight excluding hydrogens is 312 g/mol. The summed E-state index contributed by atoms with van der Waals surface area (Å²) in [5.41, 5.74) is 1.50. The number of nitrogens with one attached hydrogen (secondary N) is 1. The van der Waals surface area contributed by atoms with Crippen LogP contribution < -0.4 is 5.32 Å². The fraction of sp³-hybridized carbons (Fsp3) is 0.200. The molecule has 0 radical (unpaired) electrons. The van der Waals surface area contributed by atoms with Crippen LogP contribution in [0.3, 0.4) is 0 Å². The molecule has 0 fully saturated rings. The van der Waals surface area contributed by atoms with Crippen molar-refractivity contribution >= 4 is 21.6 Å². The molecule has 100 valence electrons. The Labute approximate surface area is 119 Å². The number of anilines is 1. The van der Waals surface area contributed by atoms with Gasteiger partial charge in [0, 0.05) is 15.7 Å². The van der Waals surface area contributed by atoms with Gasteiger partial charge in [-0.15, -0.1) is 0 Å². The van der Waals surface area contributed by atoms with Crippen molar-refractivity contribution < 1.29 is 8.78 Å². The van der Waals surface area contributed by atoms with Crippen LogP contribution >= 0.6 is 15.9 Å². The molecule has 4 heteroatoms. The van der Waals surface area contributed by atoms with Gasteiger partial charge in [0.25, 0.3) is 0 Å². The van der Waals surface area contributed by atoms with Gasteiger partial charge in [-0.3, -0.25) is 0 Å². The van der Waals surface area contributed by atoms with E-state index in [4.69, 9.17) is 0 Å². The van der Waals surface area contributed by atoms with Gasteiger partial charge in [0.05, 0.1) is 6.04 Å². The van der Waals surface area contributed by atoms with Crippen molar-refractivity contribution in [3.63, 3.8) is 0 Å². The molecule has 0 aliphatic rings. The Kier molecular flexibility index (Phi) is 4.20. The topological polar surface area (TPSA) is 12.0 Å². The molecule has 0 aromatic heterocycles. The van der Waals surface area contributed by atoms with Crippen molar-refractivity contribution in [1.82, 2.24) is 0 Å². The van der Waals surface area contributed by atoms with Gasteiger partial charge in [-0.25, -0.2) is 8.78 Å². The Morgan fingerprint density at radius 1 is 1.05 bits per heavy atom. The van der Waals surface area contributed by atoms with E-state index in [1.54, 1.807) is 13.8 Å². The standard InChI is InChI=1S/C15H14BrF2N/c1-9-7-15(18)13(8-14(9)17)10(2)19-12-5-3-11(16)4-6-12/h3-8,10,19H,1-2H3. The molecule has 1 nitrogen and oxygen atoms in total. The van der Waals surface area contributed by atoms with Gasteiger partial charge < -0.3 is 5.32 Å². The predicted molar refractivity (Wildman–Crippen MR) is 77.3 cm³/mol. The molecule has 19 heavy (non-hydrogen) atoms. The number of benzene rings is 2. The van der Waals surface area contributed by atoms with Crippen LogP contribution in [0.5, 0.6) is 0 Å². The second-order valence-electron chi connectivity index (χ2n) is 4.50. The first-order chi connectivity index (χ1) is 8.97. The van der Waals surface area contributed by atoms with Crippen LogP contribution in [0.1, 0.15) is 24.1 Å². The molecule has 0 saturated carbocycles. The predicted octanol–water partition coefficient (Wildman–Crippen LogP) is 5.21. The van der Waals surface area contributed by atoms with Crippen LogP contribution in [-0.4, -0.2) is 0 Å². The molecule has 2 rings (SSSR count). The van der Waals surface area contributed by atoms with E-state index in [-0.39, 0.29) is 11.9 Å². The SMILES string of the molecule is Cc1cc(F)c(C(C)Nc2ccc(Br)cc2)cc1F. The summed E-state index contributed by atoms with van der Waals surface area (Å²) in [6, 6.07) is 9.70. The zero-order chi connectivity index (χ0) is 14.0. The average molecular weight is 326 g/mol. The highest BCUT2D eigenvalue weighted by Crippen LogP contribution is 2.24. The molecule has 0 saturated heterocycles. The summed E-state index contributed by atoms with van der Waals surface area (Å²) in [4.78, 5) is 0. The second kappa shape index (κ2) is 5.70. The number of hydrogen-bond acceptors (Lipinski definition) is 1. The third-order valence-electron chi connectivity index (χ3n) is 2.97. The maximum atomic E-state index is 13.8. The van der Waals surface area contributed by atoms with Gasteiger partial charge in [0.15, 0.2) is 0 Å². The highest BCUT2D eigenvalue weighted by molar-refractivity contribution is 9.10. The Morgan fingerprint density at radius 3 is 2.32 bits per heavy atom. The zero-order valence-electron chi connectivity index (χ0n) is 10.7. The fourth-order valence-electron chi connectivity index (χ4n) is 1.87. The first kappa shape index (κ1) is 14.0. The number of halogens is 3. The van der Waals surface area contributed by atoms with Crippen molar-refractivity contribution in [1.29, 1.82) is 0 Å². The van der Waals surface area contributed by atoms with Gasteiger partial charge in [-0.2, -0.15) is 0 Å². The summed E-state index contributed by atoms with van der Waals surface area (Å²) < 4.78 is 28.3. The van der Waals surface area contributed by atoms with Crippen LogP contribution in [-0.2, 0) is 0 Å². The van der Waals surface area contributed by atoms with E-state index in [0.29, 0.717) is 11.1 Å². The largest absolute Gasteiger partial charge is 0.378 e. The minimum Gasteiger partial charge on any atom is -0.378 e. The molecule has 0 aliphatic carbocycles. The molecule has 0 spiro atoms. The quantitative estimate of drug-likeness (QED) is 0.816. The van der Waals surface area contributed by atoms with Crippen LogP contribution in [0, 0.1) is 18.6 Å². The molecule has 1 atom stereocenters. The smallest absolute Gasteiger partial charge is 0.128 e. The lowest BCUT2D eigenvalue weighted by Gasteiger charge is -2.17. The molecular formula is C15H14BrF2N. The first-order valence-electron chi connectivity index (χ1n) is 5.95. The number of rotatable bonds is 3. The Hall–Kier alpha value is -1.42. The third kappa shape index (κ3) is 3.32. The van der Waals surface area contributed by atoms with Crippen LogP contribution in [0.4, 0.5) is 14.5 Å². The van der Waals surface area contributed by atoms with E-state index in [1.807, 2.05) is 24.3 Å². The van der Waals surface area contributed by atoms with Gasteiger partial charge in [-0.05, 0) is 55.8 Å². The third-order valence-corrected chi connectivity index (χ3v) is 3.50. The van der Waals surface area contributed by atoms with Crippen molar-refractivity contribution in [2.24, 2.45) is 0 Å². The van der Waals surface area contributed by atoms with Crippen molar-refractivity contribution in [2.45, 2.75) is 19.9 Å². The molecule has 0 bridgehead atoms. The molecule has 1 unspecified atom stereocenters. The minimum absolute atomic E-state index is 0.309. The lowest BCUT2D eigenvalue weighted by Crippen LogP contribution is -2.09. The highest BCUT2D eigenvalue weighted by atomic mass is 79.9. The van der Waals surface area contributed by atoms with Gasteiger partial charge in [0.1, 0.15) is 11.6 Å². The van der Waals surface area contributed by atoms with Crippen molar-refractivity contribution in [2.75, 3.05) is 5.32 Å². The lowest BCUT2D eigenvalue weighted by atomic mass is 10.0. The summed E-state index contributed by atoms with van der Waals surface area (Å²) in [5, 5.41) is 3.15. The Balaban J connectivity index is 2.22. The highest BCUT2D eigenvalue weighted by Gasteiger charge is 2.13. The maximum absolute atomic E-state index is 13.8. The Bertz CT molecular complexity index is 581. The van der Waals surface area contributed by atoms with Crippen LogP contribution in [0.25, 0.3) is 0 Å². The van der Waals surface area contributed by atoms with E-state index in [0.717, 1.165) is 10.2 Å². The summed E-state index contributed by atoms with van der Waals surface area (Å²) in [6.45, 7) is 3.35. The minimum atomic E-state index is -0.393. The first-order valence-corrected chi connectivity index (χ1v) is 6.74. The maximum Gasteiger partial charge on any atom is 0.128 e. The molecule has 1 N–H and O–H groups in total. The molecule has 2 aromatic rings. The summed E-state index contributed by atoms with van der Waals surface area (Å²) >= 11 is 3.35. The molecule has 0 heterocycles. The number of hydrogen-bond donors (Lipinski definition) is 1. The monoisotopic (exact) mass is 325 g/mol. The van der Waals surface area contributed by atoms with Gasteiger partial charge in [-0.1, -0.05) is 15.9 Å². The molecule has 0 aliphatic heterocycles. The molecule has 2 aromatic carbocycles. The van der Waals surface area contributed by atoms with Crippen LogP contribution in [0.15, 0.2) is 40.9 Å². The zero-order valence-corrected chi connectivity index (χ0v) is 12.3. The van der Waals surface area contributed by atoms with E-state index >= 15 is 0 Å². The average Bonchev–Trinajstić information content (AvgIpc) is 2.36.